The highest BCUT2D eigenvalue weighted by molar-refractivity contribution is 6.06. The van der Waals surface area contributed by atoms with Crippen LogP contribution in [-0.4, -0.2) is 53.6 Å². The summed E-state index contributed by atoms with van der Waals surface area (Å²) in [5, 5.41) is 16.3. The minimum atomic E-state index is -0.663. The number of anilines is 1. The van der Waals surface area contributed by atoms with Gasteiger partial charge >= 0.3 is 6.09 Å². The van der Waals surface area contributed by atoms with Crippen LogP contribution in [0, 0.1) is 12.3 Å². The molecular weight excluding hydrogens is 512 g/mol. The van der Waals surface area contributed by atoms with Crippen LogP contribution in [0.5, 0.6) is 11.5 Å². The van der Waals surface area contributed by atoms with Crippen LogP contribution in [0.15, 0.2) is 36.5 Å². The van der Waals surface area contributed by atoms with Crippen molar-refractivity contribution in [2.75, 3.05) is 26.0 Å². The molecule has 3 rings (SSSR count). The fourth-order valence-electron chi connectivity index (χ4n) is 3.68. The van der Waals surface area contributed by atoms with E-state index in [1.165, 1.54) is 25.0 Å². The number of hydrogen-bond donors (Lipinski definition) is 3. The third kappa shape index (κ3) is 7.37. The molecule has 0 aliphatic carbocycles. The number of ether oxygens (including phenoxy) is 2. The SMILES string of the molecule is CNC(=O)Oc1cc(C(C)(C)C)cc(NC(=O)c2ccc(C)c(-n3cc(C(=O)NCC(C)(C)C)nn3)c2)c1OC. The Hall–Kier alpha value is -4.41. The molecule has 3 aromatic rings. The Morgan fingerprint density at radius 3 is 2.30 bits per heavy atom. The van der Waals surface area contributed by atoms with Gasteiger partial charge in [0.05, 0.1) is 24.7 Å². The van der Waals surface area contributed by atoms with E-state index in [9.17, 15) is 14.4 Å². The number of aryl methyl sites for hydroxylation is 1. The first-order valence-electron chi connectivity index (χ1n) is 12.9. The molecule has 1 heterocycles. The summed E-state index contributed by atoms with van der Waals surface area (Å²) in [6.07, 6.45) is 0.865. The second-order valence-electron chi connectivity index (χ2n) is 11.7. The van der Waals surface area contributed by atoms with Gasteiger partial charge in [-0.15, -0.1) is 5.10 Å². The molecule has 0 atom stereocenters. The Balaban J connectivity index is 1.93. The van der Waals surface area contributed by atoms with E-state index in [2.05, 4.69) is 26.3 Å². The first-order chi connectivity index (χ1) is 18.6. The highest BCUT2D eigenvalue weighted by Crippen LogP contribution is 2.40. The number of nitrogens with zero attached hydrogens (tertiary/aromatic N) is 3. The monoisotopic (exact) mass is 550 g/mol. The van der Waals surface area contributed by atoms with Crippen molar-refractivity contribution in [3.05, 3.63) is 58.9 Å². The first-order valence-corrected chi connectivity index (χ1v) is 12.9. The van der Waals surface area contributed by atoms with E-state index >= 15 is 0 Å². The van der Waals surface area contributed by atoms with Crippen molar-refractivity contribution in [3.63, 3.8) is 0 Å². The number of aromatic nitrogens is 3. The van der Waals surface area contributed by atoms with Gasteiger partial charge in [0.2, 0.25) is 0 Å². The quantitative estimate of drug-likeness (QED) is 0.390. The maximum absolute atomic E-state index is 13.4. The lowest BCUT2D eigenvalue weighted by Crippen LogP contribution is -2.32. The molecule has 0 aliphatic rings. The molecule has 0 bridgehead atoms. The van der Waals surface area contributed by atoms with Crippen molar-refractivity contribution in [2.24, 2.45) is 5.41 Å². The van der Waals surface area contributed by atoms with E-state index in [1.54, 1.807) is 30.3 Å². The molecule has 11 heteroatoms. The molecule has 1 aromatic heterocycles. The number of hydrogen-bond acceptors (Lipinski definition) is 7. The topological polar surface area (TPSA) is 136 Å². The largest absolute Gasteiger partial charge is 0.491 e. The lowest BCUT2D eigenvalue weighted by Gasteiger charge is -2.23. The van der Waals surface area contributed by atoms with Crippen molar-refractivity contribution >= 4 is 23.6 Å². The van der Waals surface area contributed by atoms with Crippen LogP contribution >= 0.6 is 0 Å². The van der Waals surface area contributed by atoms with E-state index in [0.29, 0.717) is 23.5 Å². The van der Waals surface area contributed by atoms with Gasteiger partial charge in [0, 0.05) is 19.2 Å². The van der Waals surface area contributed by atoms with Gasteiger partial charge in [0.15, 0.2) is 17.2 Å². The van der Waals surface area contributed by atoms with Gasteiger partial charge in [0.25, 0.3) is 11.8 Å². The Morgan fingerprint density at radius 1 is 1.00 bits per heavy atom. The number of rotatable bonds is 7. The lowest BCUT2D eigenvalue weighted by molar-refractivity contribution is 0.0933. The van der Waals surface area contributed by atoms with Gasteiger partial charge in [0.1, 0.15) is 0 Å². The normalized spacial score (nSPS) is 11.5. The molecule has 3 N–H and O–H groups in total. The molecule has 0 saturated carbocycles. The third-order valence-electron chi connectivity index (χ3n) is 6.00. The minimum absolute atomic E-state index is 0.0751. The van der Waals surface area contributed by atoms with Gasteiger partial charge in [-0.2, -0.15) is 0 Å². The Kier molecular flexibility index (Phi) is 8.87. The summed E-state index contributed by atoms with van der Waals surface area (Å²) in [6, 6.07) is 8.65. The average Bonchev–Trinajstić information content (AvgIpc) is 3.36. The number of carbonyl (C=O) groups excluding carboxylic acids is 3. The minimum Gasteiger partial charge on any atom is -0.491 e. The number of nitrogens with one attached hydrogen (secondary N) is 3. The molecule has 0 unspecified atom stereocenters. The van der Waals surface area contributed by atoms with Gasteiger partial charge in [-0.25, -0.2) is 9.48 Å². The molecule has 3 amide bonds. The maximum atomic E-state index is 13.4. The van der Waals surface area contributed by atoms with Gasteiger partial charge < -0.3 is 25.4 Å². The summed E-state index contributed by atoms with van der Waals surface area (Å²) in [5.74, 6) is -0.360. The molecule has 11 nitrogen and oxygen atoms in total. The van der Waals surface area contributed by atoms with Gasteiger partial charge in [-0.3, -0.25) is 9.59 Å². The first kappa shape index (κ1) is 30.1. The standard InChI is InChI=1S/C29H38N6O5/c1-17-10-11-18(12-22(17)35-15-21(33-34-35)26(37)31-16-28(2,3)4)25(36)32-20-13-19(29(5,6)7)14-23(24(20)39-9)40-27(38)30-8/h10-15H,16H2,1-9H3,(H,30,38)(H,31,37)(H,32,36). The van der Waals surface area contributed by atoms with Crippen LogP contribution in [0.1, 0.15) is 73.5 Å². The maximum Gasteiger partial charge on any atom is 0.412 e. The van der Waals surface area contributed by atoms with Crippen LogP contribution < -0.4 is 25.4 Å². The molecule has 0 aliphatic heterocycles. The fourth-order valence-corrected chi connectivity index (χ4v) is 3.68. The molecular formula is C29H38N6O5. The predicted molar refractivity (Wildman–Crippen MR) is 153 cm³/mol. The summed E-state index contributed by atoms with van der Waals surface area (Å²) in [7, 11) is 2.89. The molecule has 0 radical (unpaired) electrons. The fraction of sp³-hybridized carbons (Fsp3) is 0.414. The van der Waals surface area contributed by atoms with Crippen molar-refractivity contribution in [1.29, 1.82) is 0 Å². The molecule has 214 valence electrons. The predicted octanol–water partition coefficient (Wildman–Crippen LogP) is 4.63. The molecule has 40 heavy (non-hydrogen) atoms. The van der Waals surface area contributed by atoms with Crippen molar-refractivity contribution in [1.82, 2.24) is 25.6 Å². The zero-order valence-electron chi connectivity index (χ0n) is 24.6. The molecule has 0 fully saturated rings. The second kappa shape index (κ2) is 11.8. The van der Waals surface area contributed by atoms with E-state index in [1.807, 2.05) is 48.5 Å². The Bertz CT molecular complexity index is 1420. The highest BCUT2D eigenvalue weighted by Gasteiger charge is 2.24. The summed E-state index contributed by atoms with van der Waals surface area (Å²) in [4.78, 5) is 37.9. The summed E-state index contributed by atoms with van der Waals surface area (Å²) < 4.78 is 12.4. The van der Waals surface area contributed by atoms with Crippen molar-refractivity contribution in [3.8, 4) is 17.2 Å². The van der Waals surface area contributed by atoms with Gasteiger partial charge in [-0.05, 0) is 53.1 Å². The van der Waals surface area contributed by atoms with E-state index in [0.717, 1.165) is 11.1 Å². The summed E-state index contributed by atoms with van der Waals surface area (Å²) >= 11 is 0. The van der Waals surface area contributed by atoms with E-state index < -0.39 is 12.0 Å². The number of amides is 3. The molecule has 2 aromatic carbocycles. The van der Waals surface area contributed by atoms with E-state index in [-0.39, 0.29) is 33.9 Å². The zero-order valence-corrected chi connectivity index (χ0v) is 24.6. The van der Waals surface area contributed by atoms with Crippen LogP contribution in [-0.2, 0) is 5.41 Å². The molecule has 0 saturated heterocycles. The van der Waals surface area contributed by atoms with Gasteiger partial charge in [-0.1, -0.05) is 52.8 Å². The number of carbonyl (C=O) groups is 3. The van der Waals surface area contributed by atoms with Crippen LogP contribution in [0.3, 0.4) is 0 Å². The summed E-state index contributed by atoms with van der Waals surface area (Å²) in [6.45, 7) is 14.4. The number of methoxy groups -OCH3 is 1. The van der Waals surface area contributed by atoms with Crippen molar-refractivity contribution < 1.29 is 23.9 Å². The smallest absolute Gasteiger partial charge is 0.412 e. The van der Waals surface area contributed by atoms with Crippen LogP contribution in [0.4, 0.5) is 10.5 Å². The molecule has 0 spiro atoms. The van der Waals surface area contributed by atoms with Crippen LogP contribution in [0.25, 0.3) is 5.69 Å². The van der Waals surface area contributed by atoms with Crippen molar-refractivity contribution in [2.45, 2.75) is 53.9 Å². The lowest BCUT2D eigenvalue weighted by atomic mass is 9.86. The third-order valence-corrected chi connectivity index (χ3v) is 6.00. The Labute approximate surface area is 234 Å². The zero-order chi connectivity index (χ0) is 29.8. The highest BCUT2D eigenvalue weighted by atomic mass is 16.6. The van der Waals surface area contributed by atoms with E-state index in [4.69, 9.17) is 9.47 Å². The average molecular weight is 551 g/mol. The van der Waals surface area contributed by atoms with Crippen LogP contribution in [0.2, 0.25) is 0 Å². The second-order valence-corrected chi connectivity index (χ2v) is 11.7. The Morgan fingerprint density at radius 2 is 1.70 bits per heavy atom. The number of benzene rings is 2. The summed E-state index contributed by atoms with van der Waals surface area (Å²) in [5.41, 5.74) is 2.72.